The van der Waals surface area contributed by atoms with E-state index in [2.05, 4.69) is 17.0 Å². The molecule has 0 bridgehead atoms. The molecule has 2 fully saturated rings. The molecule has 184 valence electrons. The van der Waals surface area contributed by atoms with Crippen molar-refractivity contribution < 1.29 is 17.5 Å². The molecule has 1 saturated carbocycles. The summed E-state index contributed by atoms with van der Waals surface area (Å²) in [4.78, 5) is 2.55. The highest BCUT2D eigenvalue weighted by atomic mass is 35.5. The summed E-state index contributed by atoms with van der Waals surface area (Å²) in [6, 6.07) is 11.5. The van der Waals surface area contributed by atoms with Crippen LogP contribution in [-0.2, 0) is 22.7 Å². The summed E-state index contributed by atoms with van der Waals surface area (Å²) in [6.07, 6.45) is 6.69. The van der Waals surface area contributed by atoms with Gasteiger partial charge in [0.15, 0.2) is 9.84 Å². The molecule has 0 spiro atoms. The molecule has 1 aliphatic heterocycles. The molecular formula is C27H33ClFNO3S. The van der Waals surface area contributed by atoms with E-state index in [1.807, 2.05) is 12.1 Å². The van der Waals surface area contributed by atoms with Gasteiger partial charge in [0, 0.05) is 17.0 Å². The minimum atomic E-state index is -2.98. The summed E-state index contributed by atoms with van der Waals surface area (Å²) >= 11 is 6.15. The van der Waals surface area contributed by atoms with Crippen molar-refractivity contribution in [2.75, 3.05) is 31.2 Å². The van der Waals surface area contributed by atoms with E-state index in [0.717, 1.165) is 56.5 Å². The standard InChI is InChI=1S/C27H33ClFNO3S/c28-22-13-20(14-23(29)16-22)15-26-25-17-24(33-11-2-12-34(31,32)18-19-3-4-19)7-5-21(25)6-8-27(26)30-9-1-10-30/h5,7,13-14,16-17,19,26-27H,1-4,6,8-12,15,18H2. The number of hydrogen-bond donors (Lipinski definition) is 0. The zero-order valence-corrected chi connectivity index (χ0v) is 21.1. The van der Waals surface area contributed by atoms with Gasteiger partial charge < -0.3 is 4.74 Å². The summed E-state index contributed by atoms with van der Waals surface area (Å²) in [5.41, 5.74) is 3.51. The Morgan fingerprint density at radius 1 is 1.09 bits per heavy atom. The summed E-state index contributed by atoms with van der Waals surface area (Å²) in [5, 5.41) is 0.431. The average Bonchev–Trinajstić information content (AvgIpc) is 3.54. The molecule has 1 heterocycles. The minimum Gasteiger partial charge on any atom is -0.494 e. The lowest BCUT2D eigenvalue weighted by Crippen LogP contribution is -2.49. The first-order chi connectivity index (χ1) is 16.4. The lowest BCUT2D eigenvalue weighted by Gasteiger charge is -2.45. The van der Waals surface area contributed by atoms with E-state index in [0.29, 0.717) is 35.8 Å². The lowest BCUT2D eigenvalue weighted by molar-refractivity contribution is 0.0876. The molecule has 0 aromatic heterocycles. The van der Waals surface area contributed by atoms with Gasteiger partial charge in [-0.05, 0) is 111 Å². The Balaban J connectivity index is 1.30. The molecule has 0 radical (unpaired) electrons. The second-order valence-corrected chi connectivity index (χ2v) is 12.9. The van der Waals surface area contributed by atoms with E-state index in [1.165, 1.54) is 23.6 Å². The van der Waals surface area contributed by atoms with E-state index in [-0.39, 0.29) is 17.5 Å². The number of rotatable bonds is 10. The zero-order chi connectivity index (χ0) is 23.7. The van der Waals surface area contributed by atoms with Crippen LogP contribution in [0.2, 0.25) is 5.02 Å². The van der Waals surface area contributed by atoms with Crippen molar-refractivity contribution >= 4 is 21.4 Å². The summed E-state index contributed by atoms with van der Waals surface area (Å²) in [5.74, 6) is 1.63. The molecule has 34 heavy (non-hydrogen) atoms. The second-order valence-electron chi connectivity index (χ2n) is 10.2. The molecule has 3 aliphatic rings. The Labute approximate surface area is 207 Å². The first-order valence-corrected chi connectivity index (χ1v) is 14.7. The van der Waals surface area contributed by atoms with Gasteiger partial charge in [0.05, 0.1) is 18.1 Å². The molecule has 2 aromatic rings. The van der Waals surface area contributed by atoms with Crippen LogP contribution >= 0.6 is 11.6 Å². The largest absolute Gasteiger partial charge is 0.494 e. The first kappa shape index (κ1) is 24.1. The minimum absolute atomic E-state index is 0.189. The Kier molecular flexibility index (Phi) is 7.19. The van der Waals surface area contributed by atoms with Gasteiger partial charge in [-0.3, -0.25) is 4.90 Å². The molecular weight excluding hydrogens is 473 g/mol. The van der Waals surface area contributed by atoms with Crippen molar-refractivity contribution in [1.29, 1.82) is 0 Å². The third kappa shape index (κ3) is 5.95. The average molecular weight is 506 g/mol. The number of benzene rings is 2. The maximum Gasteiger partial charge on any atom is 0.150 e. The van der Waals surface area contributed by atoms with E-state index in [4.69, 9.17) is 16.3 Å². The van der Waals surface area contributed by atoms with Crippen LogP contribution in [0.15, 0.2) is 36.4 Å². The Bertz CT molecular complexity index is 1110. The van der Waals surface area contributed by atoms with Gasteiger partial charge in [-0.2, -0.15) is 0 Å². The van der Waals surface area contributed by atoms with Gasteiger partial charge in [-0.1, -0.05) is 17.7 Å². The predicted octanol–water partition coefficient (Wildman–Crippen LogP) is 5.42. The highest BCUT2D eigenvalue weighted by Gasteiger charge is 2.36. The highest BCUT2D eigenvalue weighted by Crippen LogP contribution is 2.40. The first-order valence-electron chi connectivity index (χ1n) is 12.5. The third-order valence-electron chi connectivity index (χ3n) is 7.48. The van der Waals surface area contributed by atoms with Gasteiger partial charge in [0.2, 0.25) is 0 Å². The van der Waals surface area contributed by atoms with Crippen molar-refractivity contribution in [2.24, 2.45) is 5.92 Å². The third-order valence-corrected chi connectivity index (χ3v) is 9.59. The van der Waals surface area contributed by atoms with Crippen LogP contribution in [0.3, 0.4) is 0 Å². The van der Waals surface area contributed by atoms with Gasteiger partial charge in [0.25, 0.3) is 0 Å². The van der Waals surface area contributed by atoms with Crippen LogP contribution in [0.5, 0.6) is 5.75 Å². The van der Waals surface area contributed by atoms with Crippen LogP contribution in [0.4, 0.5) is 4.39 Å². The monoisotopic (exact) mass is 505 g/mol. The fraction of sp³-hybridized carbons (Fsp3) is 0.556. The SMILES string of the molecule is O=S(=O)(CCCOc1ccc2c(c1)C(Cc1cc(F)cc(Cl)c1)C(N1CCC1)CC2)CC1CC1. The number of ether oxygens (including phenoxy) is 1. The van der Waals surface area contributed by atoms with Crippen LogP contribution < -0.4 is 4.74 Å². The summed E-state index contributed by atoms with van der Waals surface area (Å²) in [6.45, 7) is 2.63. The molecule has 5 rings (SSSR count). The Hall–Kier alpha value is -1.63. The number of aryl methyl sites for hydroxylation is 1. The molecule has 0 N–H and O–H groups in total. The van der Waals surface area contributed by atoms with Crippen molar-refractivity contribution in [3.8, 4) is 5.75 Å². The van der Waals surface area contributed by atoms with E-state index < -0.39 is 9.84 Å². The molecule has 2 atom stereocenters. The van der Waals surface area contributed by atoms with Crippen LogP contribution in [-0.4, -0.2) is 50.6 Å². The smallest absolute Gasteiger partial charge is 0.150 e. The van der Waals surface area contributed by atoms with Crippen molar-refractivity contribution in [2.45, 2.75) is 56.9 Å². The number of likely N-dealkylation sites (tertiary alicyclic amines) is 1. The van der Waals surface area contributed by atoms with Crippen molar-refractivity contribution in [3.63, 3.8) is 0 Å². The van der Waals surface area contributed by atoms with Crippen LogP contribution in [0.25, 0.3) is 0 Å². The number of fused-ring (bicyclic) bond motifs is 1. The molecule has 2 aromatic carbocycles. The van der Waals surface area contributed by atoms with Crippen molar-refractivity contribution in [3.05, 3.63) is 63.9 Å². The van der Waals surface area contributed by atoms with Gasteiger partial charge >= 0.3 is 0 Å². The fourth-order valence-electron chi connectivity index (χ4n) is 5.48. The normalized spacial score (nSPS) is 22.8. The maximum absolute atomic E-state index is 14.0. The van der Waals surface area contributed by atoms with Gasteiger partial charge in [-0.25, -0.2) is 12.8 Å². The zero-order valence-electron chi connectivity index (χ0n) is 19.5. The summed E-state index contributed by atoms with van der Waals surface area (Å²) < 4.78 is 44.4. The predicted molar refractivity (Wildman–Crippen MR) is 134 cm³/mol. The second kappa shape index (κ2) is 10.2. The molecule has 2 aliphatic carbocycles. The number of halogens is 2. The number of nitrogens with zero attached hydrogens (tertiary/aromatic N) is 1. The molecule has 1 saturated heterocycles. The fourth-order valence-corrected chi connectivity index (χ4v) is 7.50. The quantitative estimate of drug-likeness (QED) is 0.404. The maximum atomic E-state index is 14.0. The highest BCUT2D eigenvalue weighted by molar-refractivity contribution is 7.91. The molecule has 2 unspecified atom stereocenters. The Morgan fingerprint density at radius 2 is 1.91 bits per heavy atom. The Morgan fingerprint density at radius 3 is 2.62 bits per heavy atom. The topological polar surface area (TPSA) is 46.6 Å². The lowest BCUT2D eigenvalue weighted by atomic mass is 9.75. The van der Waals surface area contributed by atoms with Crippen LogP contribution in [0.1, 0.15) is 54.7 Å². The number of sulfone groups is 1. The summed E-state index contributed by atoms with van der Waals surface area (Å²) in [7, 11) is -2.98. The van der Waals surface area contributed by atoms with Crippen LogP contribution in [0, 0.1) is 11.7 Å². The van der Waals surface area contributed by atoms with Gasteiger partial charge in [-0.15, -0.1) is 0 Å². The number of hydrogen-bond acceptors (Lipinski definition) is 4. The van der Waals surface area contributed by atoms with Gasteiger partial charge in [0.1, 0.15) is 11.6 Å². The molecule has 7 heteroatoms. The molecule has 4 nitrogen and oxygen atoms in total. The molecule has 0 amide bonds. The van der Waals surface area contributed by atoms with E-state index in [9.17, 15) is 12.8 Å². The van der Waals surface area contributed by atoms with Crippen molar-refractivity contribution in [1.82, 2.24) is 4.90 Å². The van der Waals surface area contributed by atoms with E-state index >= 15 is 0 Å². The van der Waals surface area contributed by atoms with E-state index in [1.54, 1.807) is 6.07 Å².